The molecule has 1 N–H and O–H groups in total. The molecule has 0 saturated heterocycles. The summed E-state index contributed by atoms with van der Waals surface area (Å²) < 4.78 is 29.2. The van der Waals surface area contributed by atoms with Crippen molar-refractivity contribution in [1.82, 2.24) is 10.2 Å². The highest BCUT2D eigenvalue weighted by molar-refractivity contribution is 7.92. The minimum atomic E-state index is -4.29. The number of anilines is 1. The largest absolute Gasteiger partial charge is 0.352 e. The van der Waals surface area contributed by atoms with E-state index in [1.165, 1.54) is 23.1 Å². The predicted octanol–water partition coefficient (Wildman–Crippen LogP) is 7.32. The summed E-state index contributed by atoms with van der Waals surface area (Å²) in [4.78, 5) is 29.7. The number of hydrogen-bond acceptors (Lipinski definition) is 4. The van der Waals surface area contributed by atoms with Crippen LogP contribution in [0.2, 0.25) is 15.1 Å². The SMILES string of the molecule is Cc1ccc(S(=O)(=O)N(CC(=O)N(Cc2c(Cl)cccc2Cl)[C@@H](Cc2ccccc2)C(=O)NC(C)C)c2ccccc2Cl)cc1. The van der Waals surface area contributed by atoms with E-state index in [0.717, 1.165) is 15.4 Å². The highest BCUT2D eigenvalue weighted by Crippen LogP contribution is 2.32. The van der Waals surface area contributed by atoms with Crippen molar-refractivity contribution >= 4 is 62.3 Å². The molecule has 4 aromatic carbocycles. The summed E-state index contributed by atoms with van der Waals surface area (Å²) >= 11 is 19.6. The van der Waals surface area contributed by atoms with Crippen molar-refractivity contribution in [1.29, 1.82) is 0 Å². The van der Waals surface area contributed by atoms with Crippen LogP contribution in [-0.4, -0.2) is 43.8 Å². The summed E-state index contributed by atoms with van der Waals surface area (Å²) in [5, 5.41) is 3.66. The Kier molecular flexibility index (Phi) is 11.6. The van der Waals surface area contributed by atoms with Gasteiger partial charge in [-0.25, -0.2) is 8.42 Å². The zero-order chi connectivity index (χ0) is 32.7. The molecule has 236 valence electrons. The molecule has 11 heteroatoms. The van der Waals surface area contributed by atoms with E-state index in [0.29, 0.717) is 15.6 Å². The van der Waals surface area contributed by atoms with Gasteiger partial charge in [0.05, 0.1) is 15.6 Å². The minimum Gasteiger partial charge on any atom is -0.352 e. The molecule has 0 saturated carbocycles. The third-order valence-electron chi connectivity index (χ3n) is 7.10. The van der Waals surface area contributed by atoms with Gasteiger partial charge in [-0.3, -0.25) is 13.9 Å². The van der Waals surface area contributed by atoms with Gasteiger partial charge in [0.2, 0.25) is 11.8 Å². The van der Waals surface area contributed by atoms with E-state index in [-0.39, 0.29) is 34.6 Å². The van der Waals surface area contributed by atoms with Gasteiger partial charge in [0, 0.05) is 34.6 Å². The van der Waals surface area contributed by atoms with Crippen molar-refractivity contribution in [3.05, 3.63) is 129 Å². The van der Waals surface area contributed by atoms with Crippen LogP contribution in [0.4, 0.5) is 5.69 Å². The summed E-state index contributed by atoms with van der Waals surface area (Å²) in [6.45, 7) is 4.69. The van der Waals surface area contributed by atoms with Crippen molar-refractivity contribution < 1.29 is 18.0 Å². The first-order valence-electron chi connectivity index (χ1n) is 14.3. The van der Waals surface area contributed by atoms with Gasteiger partial charge in [0.15, 0.2) is 0 Å². The number of aryl methyl sites for hydroxylation is 1. The number of amides is 2. The molecule has 0 spiro atoms. The van der Waals surface area contributed by atoms with Gasteiger partial charge in [0.1, 0.15) is 12.6 Å². The first kappa shape index (κ1) is 34.3. The zero-order valence-corrected chi connectivity index (χ0v) is 28.2. The van der Waals surface area contributed by atoms with Gasteiger partial charge in [-0.05, 0) is 62.7 Å². The number of para-hydroxylation sites is 1. The Balaban J connectivity index is 1.85. The van der Waals surface area contributed by atoms with Gasteiger partial charge in [-0.2, -0.15) is 0 Å². The molecule has 0 unspecified atom stereocenters. The van der Waals surface area contributed by atoms with Crippen LogP contribution >= 0.6 is 34.8 Å². The van der Waals surface area contributed by atoms with Gasteiger partial charge in [0.25, 0.3) is 10.0 Å². The Morgan fingerprint density at radius 2 is 1.36 bits per heavy atom. The maximum Gasteiger partial charge on any atom is 0.264 e. The van der Waals surface area contributed by atoms with Gasteiger partial charge in [-0.15, -0.1) is 0 Å². The fraction of sp³-hybridized carbons (Fsp3) is 0.235. The number of benzene rings is 4. The predicted molar refractivity (Wildman–Crippen MR) is 181 cm³/mol. The molecule has 4 aromatic rings. The summed E-state index contributed by atoms with van der Waals surface area (Å²) in [6, 6.07) is 25.7. The van der Waals surface area contributed by atoms with E-state index in [1.807, 2.05) is 51.1 Å². The molecular weight excluding hydrogens is 653 g/mol. The maximum absolute atomic E-state index is 14.5. The highest BCUT2D eigenvalue weighted by Gasteiger charge is 2.36. The van der Waals surface area contributed by atoms with E-state index < -0.39 is 34.4 Å². The Morgan fingerprint density at radius 1 is 0.778 bits per heavy atom. The Labute approximate surface area is 279 Å². The van der Waals surface area contributed by atoms with Crippen LogP contribution < -0.4 is 9.62 Å². The molecule has 0 aliphatic rings. The molecule has 0 bridgehead atoms. The summed E-state index contributed by atoms with van der Waals surface area (Å²) in [7, 11) is -4.29. The molecule has 4 rings (SSSR count). The quantitative estimate of drug-likeness (QED) is 0.169. The second-order valence-corrected chi connectivity index (χ2v) is 14.0. The van der Waals surface area contributed by atoms with Crippen molar-refractivity contribution in [2.75, 3.05) is 10.8 Å². The van der Waals surface area contributed by atoms with Gasteiger partial charge < -0.3 is 10.2 Å². The number of rotatable bonds is 12. The number of halogens is 3. The lowest BCUT2D eigenvalue weighted by Crippen LogP contribution is -2.54. The number of sulfonamides is 1. The fourth-order valence-corrected chi connectivity index (χ4v) is 7.03. The Bertz CT molecular complexity index is 1730. The normalized spacial score (nSPS) is 12.1. The molecule has 0 heterocycles. The lowest BCUT2D eigenvalue weighted by Gasteiger charge is -2.34. The third kappa shape index (κ3) is 8.58. The van der Waals surface area contributed by atoms with Crippen LogP contribution in [0.1, 0.15) is 30.5 Å². The van der Waals surface area contributed by atoms with Crippen LogP contribution in [0.5, 0.6) is 0 Å². The van der Waals surface area contributed by atoms with E-state index in [9.17, 15) is 18.0 Å². The van der Waals surface area contributed by atoms with Crippen molar-refractivity contribution in [3.63, 3.8) is 0 Å². The van der Waals surface area contributed by atoms with Crippen LogP contribution in [0.15, 0.2) is 102 Å². The average Bonchev–Trinajstić information content (AvgIpc) is 2.99. The smallest absolute Gasteiger partial charge is 0.264 e. The zero-order valence-electron chi connectivity index (χ0n) is 25.1. The third-order valence-corrected chi connectivity index (χ3v) is 9.90. The second-order valence-electron chi connectivity index (χ2n) is 10.9. The minimum absolute atomic E-state index is 0.0140. The van der Waals surface area contributed by atoms with Crippen LogP contribution in [0, 0.1) is 6.92 Å². The number of carbonyl (C=O) groups is 2. The molecule has 0 aliphatic heterocycles. The average molecular weight is 687 g/mol. The second kappa shape index (κ2) is 15.1. The van der Waals surface area contributed by atoms with Crippen LogP contribution in [0.3, 0.4) is 0 Å². The lowest BCUT2D eigenvalue weighted by atomic mass is 10.0. The Morgan fingerprint density at radius 3 is 1.96 bits per heavy atom. The summed E-state index contributed by atoms with van der Waals surface area (Å²) in [5.41, 5.74) is 2.22. The van der Waals surface area contributed by atoms with Gasteiger partial charge in [-0.1, -0.05) is 101 Å². The molecule has 1 atom stereocenters. The first-order chi connectivity index (χ1) is 21.4. The summed E-state index contributed by atoms with van der Waals surface area (Å²) in [6.07, 6.45) is 0.157. The van der Waals surface area contributed by atoms with E-state index in [4.69, 9.17) is 34.8 Å². The standard InChI is InChI=1S/C34H34Cl3N3O4S/c1-23(2)38-34(42)32(20-25-10-5-4-6-11-25)39(21-27-28(35)13-9-14-29(27)36)33(41)22-40(31-15-8-7-12-30(31)37)45(43,44)26-18-16-24(3)17-19-26/h4-19,23,32H,20-22H2,1-3H3,(H,38,42)/t32-/m0/s1. The van der Waals surface area contributed by atoms with E-state index in [2.05, 4.69) is 5.32 Å². The molecule has 7 nitrogen and oxygen atoms in total. The molecular formula is C34H34Cl3N3O4S. The topological polar surface area (TPSA) is 86.8 Å². The van der Waals surface area contributed by atoms with Crippen LogP contribution in [0.25, 0.3) is 0 Å². The Hall–Kier alpha value is -3.56. The number of nitrogens with zero attached hydrogens (tertiary/aromatic N) is 2. The van der Waals surface area contributed by atoms with E-state index >= 15 is 0 Å². The molecule has 0 fully saturated rings. The van der Waals surface area contributed by atoms with Gasteiger partial charge >= 0.3 is 0 Å². The number of carbonyl (C=O) groups excluding carboxylic acids is 2. The molecule has 0 radical (unpaired) electrons. The molecule has 0 aromatic heterocycles. The fourth-order valence-electron chi connectivity index (χ4n) is 4.79. The first-order valence-corrected chi connectivity index (χ1v) is 16.9. The van der Waals surface area contributed by atoms with Crippen molar-refractivity contribution in [2.24, 2.45) is 0 Å². The van der Waals surface area contributed by atoms with Crippen molar-refractivity contribution in [2.45, 2.75) is 50.7 Å². The molecule has 2 amide bonds. The highest BCUT2D eigenvalue weighted by atomic mass is 35.5. The monoisotopic (exact) mass is 685 g/mol. The molecule has 0 aliphatic carbocycles. The number of hydrogen-bond donors (Lipinski definition) is 1. The molecule has 45 heavy (non-hydrogen) atoms. The van der Waals surface area contributed by atoms with Crippen molar-refractivity contribution in [3.8, 4) is 0 Å². The summed E-state index contributed by atoms with van der Waals surface area (Å²) in [5.74, 6) is -1.06. The lowest BCUT2D eigenvalue weighted by molar-refractivity contribution is -0.140. The van der Waals surface area contributed by atoms with E-state index in [1.54, 1.807) is 48.5 Å². The maximum atomic E-state index is 14.5. The number of nitrogens with one attached hydrogen (secondary N) is 1. The van der Waals surface area contributed by atoms with Crippen LogP contribution in [-0.2, 0) is 32.6 Å².